The van der Waals surface area contributed by atoms with Crippen LogP contribution in [0.5, 0.6) is 5.75 Å². The van der Waals surface area contributed by atoms with Gasteiger partial charge in [0.15, 0.2) is 5.60 Å². The summed E-state index contributed by atoms with van der Waals surface area (Å²) < 4.78 is 29.0. The van der Waals surface area contributed by atoms with Crippen molar-refractivity contribution >= 4 is 5.91 Å². The first kappa shape index (κ1) is 25.4. The van der Waals surface area contributed by atoms with Gasteiger partial charge < -0.3 is 28.6 Å². The molecule has 1 spiro atoms. The van der Waals surface area contributed by atoms with E-state index in [1.165, 1.54) is 12.8 Å². The highest BCUT2D eigenvalue weighted by Crippen LogP contribution is 2.42. The number of aromatic nitrogens is 1. The molecule has 3 heterocycles. The van der Waals surface area contributed by atoms with Gasteiger partial charge in [-0.1, -0.05) is 13.8 Å². The van der Waals surface area contributed by atoms with Gasteiger partial charge in [-0.25, -0.2) is 0 Å². The molecule has 1 aromatic heterocycles. The maximum atomic E-state index is 13.3. The Hall–Kier alpha value is -1.74. The molecule has 34 heavy (non-hydrogen) atoms. The lowest BCUT2D eigenvalue weighted by Crippen LogP contribution is -2.76. The molecule has 3 fully saturated rings. The molecule has 190 valence electrons. The van der Waals surface area contributed by atoms with Gasteiger partial charge in [0.25, 0.3) is 5.91 Å². The molecule has 0 N–H and O–H groups in total. The first-order chi connectivity index (χ1) is 16.4. The Bertz CT molecular complexity index is 817. The lowest BCUT2D eigenvalue weighted by molar-refractivity contribution is -0.235. The average molecular weight is 477 g/mol. The van der Waals surface area contributed by atoms with Crippen molar-refractivity contribution in [3.05, 3.63) is 24.0 Å². The number of amides is 1. The molecular weight excluding hydrogens is 436 g/mol. The molecule has 8 heteroatoms. The highest BCUT2D eigenvalue weighted by molar-refractivity contribution is 5.93. The van der Waals surface area contributed by atoms with E-state index in [1.54, 1.807) is 25.3 Å². The summed E-state index contributed by atoms with van der Waals surface area (Å²) in [6.07, 6.45) is 9.57. The van der Waals surface area contributed by atoms with Crippen LogP contribution in [0.15, 0.2) is 18.3 Å². The Morgan fingerprint density at radius 1 is 1.21 bits per heavy atom. The number of ether oxygens (including phenoxy) is 5. The van der Waals surface area contributed by atoms with Crippen LogP contribution in [0.1, 0.15) is 64.5 Å². The van der Waals surface area contributed by atoms with Gasteiger partial charge >= 0.3 is 0 Å². The van der Waals surface area contributed by atoms with Crippen molar-refractivity contribution in [2.24, 2.45) is 5.92 Å². The van der Waals surface area contributed by atoms with Crippen molar-refractivity contribution in [2.75, 3.05) is 34.4 Å². The number of nitrogens with zero attached hydrogens (tertiary/aromatic N) is 2. The topological polar surface area (TPSA) is 79.3 Å². The molecule has 0 aromatic carbocycles. The number of β-lactam (4-membered cyclic amide) rings is 1. The minimum Gasteiger partial charge on any atom is -0.490 e. The second-order valence-corrected chi connectivity index (χ2v) is 10.4. The molecule has 4 rings (SSSR count). The lowest BCUT2D eigenvalue weighted by atomic mass is 9.75. The average Bonchev–Trinajstić information content (AvgIpc) is 3.29. The van der Waals surface area contributed by atoms with Gasteiger partial charge in [0.2, 0.25) is 0 Å². The number of methoxy groups -OCH3 is 2. The molecule has 2 aliphatic heterocycles. The third kappa shape index (κ3) is 5.25. The predicted molar refractivity (Wildman–Crippen MR) is 126 cm³/mol. The van der Waals surface area contributed by atoms with Crippen LogP contribution in [-0.4, -0.2) is 73.5 Å². The van der Waals surface area contributed by atoms with E-state index in [0.29, 0.717) is 12.3 Å². The molecule has 1 aliphatic carbocycles. The van der Waals surface area contributed by atoms with E-state index >= 15 is 0 Å². The van der Waals surface area contributed by atoms with E-state index in [0.717, 1.165) is 50.2 Å². The van der Waals surface area contributed by atoms with Gasteiger partial charge in [-0.2, -0.15) is 0 Å². The summed E-state index contributed by atoms with van der Waals surface area (Å²) in [5, 5.41) is 0. The Morgan fingerprint density at radius 3 is 2.65 bits per heavy atom. The summed E-state index contributed by atoms with van der Waals surface area (Å²) in [4.78, 5) is 19.6. The largest absolute Gasteiger partial charge is 0.490 e. The molecule has 1 amide bonds. The molecule has 1 aromatic rings. The number of carbonyl (C=O) groups is 1. The van der Waals surface area contributed by atoms with E-state index in [1.807, 2.05) is 12.1 Å². The molecule has 0 bridgehead atoms. The predicted octanol–water partition coefficient (Wildman–Crippen LogP) is 3.71. The van der Waals surface area contributed by atoms with Crippen molar-refractivity contribution in [2.45, 2.75) is 88.6 Å². The van der Waals surface area contributed by atoms with Crippen LogP contribution < -0.4 is 4.74 Å². The summed E-state index contributed by atoms with van der Waals surface area (Å²) in [7, 11) is 3.17. The summed E-state index contributed by atoms with van der Waals surface area (Å²) in [5.74, 6) is 1.10. The van der Waals surface area contributed by atoms with E-state index in [9.17, 15) is 4.79 Å². The van der Waals surface area contributed by atoms with Gasteiger partial charge in [-0.3, -0.25) is 9.78 Å². The van der Waals surface area contributed by atoms with E-state index in [-0.39, 0.29) is 37.2 Å². The molecule has 2 saturated heterocycles. The SMILES string of the molecule is COCO[C@@]1(Cc2cc(O[C@H]3CC[C@@]4(CCCO4)CC3)ccn2)C(=O)N(COC)[C@H]1CC(C)C. The minimum absolute atomic E-state index is 0.0449. The fourth-order valence-corrected chi connectivity index (χ4v) is 5.80. The molecule has 0 unspecified atom stereocenters. The number of hydrogen-bond acceptors (Lipinski definition) is 7. The van der Waals surface area contributed by atoms with Crippen LogP contribution >= 0.6 is 0 Å². The molecule has 2 atom stereocenters. The quantitative estimate of drug-likeness (QED) is 0.356. The molecule has 8 nitrogen and oxygen atoms in total. The van der Waals surface area contributed by atoms with Crippen molar-refractivity contribution in [3.8, 4) is 5.75 Å². The van der Waals surface area contributed by atoms with Gasteiger partial charge in [-0.15, -0.1) is 0 Å². The van der Waals surface area contributed by atoms with Crippen molar-refractivity contribution in [1.29, 1.82) is 0 Å². The van der Waals surface area contributed by atoms with E-state index < -0.39 is 5.60 Å². The van der Waals surface area contributed by atoms with Crippen LogP contribution in [0.3, 0.4) is 0 Å². The molecule has 0 radical (unpaired) electrons. The second kappa shape index (κ2) is 10.9. The molecule has 3 aliphatic rings. The van der Waals surface area contributed by atoms with Gasteiger partial charge in [0.05, 0.1) is 17.7 Å². The maximum absolute atomic E-state index is 13.3. The number of rotatable bonds is 11. The zero-order valence-electron chi connectivity index (χ0n) is 21.1. The Morgan fingerprint density at radius 2 is 2.00 bits per heavy atom. The fraction of sp³-hybridized carbons (Fsp3) is 0.769. The third-order valence-corrected chi connectivity index (χ3v) is 7.50. The summed E-state index contributed by atoms with van der Waals surface area (Å²) in [6, 6.07) is 3.74. The highest BCUT2D eigenvalue weighted by Gasteiger charge is 2.62. The van der Waals surface area contributed by atoms with Gasteiger partial charge in [0.1, 0.15) is 19.3 Å². The van der Waals surface area contributed by atoms with Crippen LogP contribution in [0.2, 0.25) is 0 Å². The van der Waals surface area contributed by atoms with Gasteiger partial charge in [-0.05, 0) is 56.9 Å². The van der Waals surface area contributed by atoms with Crippen LogP contribution in [0.4, 0.5) is 0 Å². The minimum atomic E-state index is -1.01. The summed E-state index contributed by atoms with van der Waals surface area (Å²) >= 11 is 0. The Kier molecular flexibility index (Phi) is 8.12. The molecular formula is C26H40N2O6. The zero-order valence-corrected chi connectivity index (χ0v) is 21.1. The van der Waals surface area contributed by atoms with E-state index in [4.69, 9.17) is 23.7 Å². The maximum Gasteiger partial charge on any atom is 0.259 e. The first-order valence-corrected chi connectivity index (χ1v) is 12.6. The second-order valence-electron chi connectivity index (χ2n) is 10.4. The third-order valence-electron chi connectivity index (χ3n) is 7.50. The lowest BCUT2D eigenvalue weighted by Gasteiger charge is -2.55. The van der Waals surface area contributed by atoms with Gasteiger partial charge in [0, 0.05) is 45.2 Å². The fourth-order valence-electron chi connectivity index (χ4n) is 5.80. The number of pyridine rings is 1. The van der Waals surface area contributed by atoms with Crippen molar-refractivity contribution < 1.29 is 28.5 Å². The summed E-state index contributed by atoms with van der Waals surface area (Å²) in [5.41, 5.74) is -0.140. The van der Waals surface area contributed by atoms with E-state index in [2.05, 4.69) is 18.8 Å². The first-order valence-electron chi connectivity index (χ1n) is 12.6. The standard InChI is InChI=1S/C26H40N2O6/c1-19(2)14-23-26(33-18-31-4,24(29)28(23)17-30-3)16-20-15-22(8-12-27-20)34-21-6-10-25(11-7-21)9-5-13-32-25/h8,12,15,19,21,23H,5-7,9-11,13-14,16-18H2,1-4H3/t21-,23-,25-,26+/m0/s1. The Labute approximate surface area is 203 Å². The molecule has 1 saturated carbocycles. The van der Waals surface area contributed by atoms with Crippen LogP contribution in [0, 0.1) is 5.92 Å². The van der Waals surface area contributed by atoms with Crippen molar-refractivity contribution in [3.63, 3.8) is 0 Å². The Balaban J connectivity index is 1.46. The number of carbonyl (C=O) groups excluding carboxylic acids is 1. The van der Waals surface area contributed by atoms with Crippen LogP contribution in [0.25, 0.3) is 0 Å². The zero-order chi connectivity index (χ0) is 24.2. The monoisotopic (exact) mass is 476 g/mol. The number of hydrogen-bond donors (Lipinski definition) is 0. The normalized spacial score (nSPS) is 31.3. The highest BCUT2D eigenvalue weighted by atomic mass is 16.7. The smallest absolute Gasteiger partial charge is 0.259 e. The number of likely N-dealkylation sites (tertiary alicyclic amines) is 1. The van der Waals surface area contributed by atoms with Crippen molar-refractivity contribution in [1.82, 2.24) is 9.88 Å². The van der Waals surface area contributed by atoms with Crippen LogP contribution in [-0.2, 0) is 30.2 Å². The summed E-state index contributed by atoms with van der Waals surface area (Å²) in [6.45, 7) is 5.48.